The van der Waals surface area contributed by atoms with Gasteiger partial charge in [0, 0.05) is 49.2 Å². The van der Waals surface area contributed by atoms with Crippen molar-refractivity contribution in [1.29, 1.82) is 0 Å². The normalized spacial score (nSPS) is 16.6. The molecule has 10 heteroatoms. The van der Waals surface area contributed by atoms with E-state index in [1.807, 2.05) is 0 Å². The summed E-state index contributed by atoms with van der Waals surface area (Å²) >= 11 is 0. The molecule has 0 rings (SSSR count). The lowest BCUT2D eigenvalue weighted by atomic mass is 9.98. The van der Waals surface area contributed by atoms with E-state index < -0.39 is 48.4 Å². The zero-order chi connectivity index (χ0) is 21.0. The van der Waals surface area contributed by atoms with E-state index in [-0.39, 0.29) is 13.2 Å². The SMILES string of the molecule is COCC(OC)C(OC(C)=O)C(OC)C(OC(C)=O)C(COC(C)=O)OC. The number of carbonyl (C=O) groups excluding carboxylic acids is 3. The van der Waals surface area contributed by atoms with Crippen molar-refractivity contribution in [2.75, 3.05) is 41.7 Å². The van der Waals surface area contributed by atoms with Crippen LogP contribution in [0.5, 0.6) is 0 Å². The highest BCUT2D eigenvalue weighted by atomic mass is 16.6. The highest BCUT2D eigenvalue weighted by Gasteiger charge is 2.44. The van der Waals surface area contributed by atoms with Crippen molar-refractivity contribution < 1.29 is 47.5 Å². The number of methoxy groups -OCH3 is 4. The van der Waals surface area contributed by atoms with Crippen LogP contribution in [0.3, 0.4) is 0 Å². The van der Waals surface area contributed by atoms with Crippen molar-refractivity contribution in [1.82, 2.24) is 0 Å². The number of ether oxygens (including phenoxy) is 7. The van der Waals surface area contributed by atoms with Gasteiger partial charge >= 0.3 is 17.9 Å². The largest absolute Gasteiger partial charge is 0.463 e. The Bertz CT molecular complexity index is 467. The zero-order valence-corrected chi connectivity index (χ0v) is 16.9. The van der Waals surface area contributed by atoms with Crippen LogP contribution in [0.25, 0.3) is 0 Å². The third kappa shape index (κ3) is 9.14. The number of hydrogen-bond donors (Lipinski definition) is 0. The fourth-order valence-electron chi connectivity index (χ4n) is 2.51. The quantitative estimate of drug-likeness (QED) is 0.315. The van der Waals surface area contributed by atoms with Crippen LogP contribution in [0.4, 0.5) is 0 Å². The molecular weight excluding hydrogens is 364 g/mol. The molecule has 0 saturated heterocycles. The van der Waals surface area contributed by atoms with Gasteiger partial charge in [-0.1, -0.05) is 0 Å². The van der Waals surface area contributed by atoms with E-state index in [2.05, 4.69) is 0 Å². The standard InChI is InChI=1S/C17H30O10/c1-10(18)25-9-14(23-6)16(27-12(3)20)17(24-7)15(26-11(2)19)13(22-5)8-21-4/h13-17H,8-9H2,1-7H3. The highest BCUT2D eigenvalue weighted by molar-refractivity contribution is 5.67. The van der Waals surface area contributed by atoms with Crippen molar-refractivity contribution in [2.24, 2.45) is 0 Å². The van der Waals surface area contributed by atoms with Gasteiger partial charge in [-0.05, 0) is 0 Å². The molecule has 0 aliphatic heterocycles. The molecular formula is C17H30O10. The van der Waals surface area contributed by atoms with Gasteiger partial charge in [-0.25, -0.2) is 0 Å². The second-order valence-corrected chi connectivity index (χ2v) is 5.65. The highest BCUT2D eigenvalue weighted by Crippen LogP contribution is 2.22. The van der Waals surface area contributed by atoms with Crippen LogP contribution >= 0.6 is 0 Å². The zero-order valence-electron chi connectivity index (χ0n) is 16.9. The molecule has 158 valence electrons. The lowest BCUT2D eigenvalue weighted by Gasteiger charge is -2.37. The summed E-state index contributed by atoms with van der Waals surface area (Å²) in [4.78, 5) is 34.4. The van der Waals surface area contributed by atoms with E-state index in [4.69, 9.17) is 33.2 Å². The van der Waals surface area contributed by atoms with Crippen LogP contribution in [0, 0.1) is 0 Å². The molecule has 0 heterocycles. The second kappa shape index (κ2) is 13.4. The van der Waals surface area contributed by atoms with E-state index in [9.17, 15) is 14.4 Å². The van der Waals surface area contributed by atoms with Crippen LogP contribution in [0.15, 0.2) is 0 Å². The predicted molar refractivity (Wildman–Crippen MR) is 92.0 cm³/mol. The summed E-state index contributed by atoms with van der Waals surface area (Å²) < 4.78 is 37.0. The van der Waals surface area contributed by atoms with E-state index in [1.54, 1.807) is 0 Å². The molecule has 0 bridgehead atoms. The maximum atomic E-state index is 11.6. The first-order valence-electron chi connectivity index (χ1n) is 8.26. The molecule has 0 aromatic heterocycles. The molecule has 0 aromatic rings. The molecule has 0 radical (unpaired) electrons. The van der Waals surface area contributed by atoms with Crippen LogP contribution in [-0.4, -0.2) is 90.1 Å². The summed E-state index contributed by atoms with van der Waals surface area (Å²) in [6.07, 6.45) is -4.63. The van der Waals surface area contributed by atoms with Crippen molar-refractivity contribution in [3.8, 4) is 0 Å². The summed E-state index contributed by atoms with van der Waals surface area (Å²) in [5.41, 5.74) is 0. The minimum Gasteiger partial charge on any atom is -0.463 e. The molecule has 0 amide bonds. The first-order chi connectivity index (χ1) is 12.7. The van der Waals surface area contributed by atoms with Crippen molar-refractivity contribution in [2.45, 2.75) is 51.3 Å². The van der Waals surface area contributed by atoms with Crippen LogP contribution < -0.4 is 0 Å². The monoisotopic (exact) mass is 394 g/mol. The van der Waals surface area contributed by atoms with E-state index in [0.29, 0.717) is 0 Å². The summed E-state index contributed by atoms with van der Waals surface area (Å²) in [5.74, 6) is -1.73. The van der Waals surface area contributed by atoms with Crippen LogP contribution in [-0.2, 0) is 47.5 Å². The van der Waals surface area contributed by atoms with Gasteiger partial charge in [0.1, 0.15) is 24.9 Å². The molecule has 10 nitrogen and oxygen atoms in total. The van der Waals surface area contributed by atoms with Gasteiger partial charge in [0.2, 0.25) is 0 Å². The van der Waals surface area contributed by atoms with Gasteiger partial charge in [0.25, 0.3) is 0 Å². The van der Waals surface area contributed by atoms with E-state index in [0.717, 1.165) is 0 Å². The molecule has 0 aromatic carbocycles. The third-order valence-electron chi connectivity index (χ3n) is 3.64. The summed E-state index contributed by atoms with van der Waals surface area (Å²) in [7, 11) is 5.60. The predicted octanol–water partition coefficient (Wildman–Crippen LogP) is 0.104. The smallest absolute Gasteiger partial charge is 0.303 e. The van der Waals surface area contributed by atoms with Crippen molar-refractivity contribution >= 4 is 17.9 Å². The Labute approximate surface area is 159 Å². The Morgan fingerprint density at radius 1 is 0.630 bits per heavy atom. The molecule has 5 unspecified atom stereocenters. The number of hydrogen-bond acceptors (Lipinski definition) is 10. The Kier molecular flexibility index (Phi) is 12.6. The Balaban J connectivity index is 5.84. The van der Waals surface area contributed by atoms with Gasteiger partial charge in [-0.2, -0.15) is 0 Å². The molecule has 0 N–H and O–H groups in total. The lowest BCUT2D eigenvalue weighted by Crippen LogP contribution is -2.56. The van der Waals surface area contributed by atoms with Gasteiger partial charge < -0.3 is 33.2 Å². The number of esters is 3. The molecule has 27 heavy (non-hydrogen) atoms. The minimum absolute atomic E-state index is 0.0860. The number of carbonyl (C=O) groups is 3. The van der Waals surface area contributed by atoms with Gasteiger partial charge in [-0.3, -0.25) is 14.4 Å². The molecule has 5 atom stereocenters. The molecule has 0 aliphatic carbocycles. The summed E-state index contributed by atoms with van der Waals surface area (Å²) in [6, 6.07) is 0. The maximum absolute atomic E-state index is 11.6. The van der Waals surface area contributed by atoms with Gasteiger partial charge in [-0.15, -0.1) is 0 Å². The third-order valence-corrected chi connectivity index (χ3v) is 3.64. The maximum Gasteiger partial charge on any atom is 0.303 e. The lowest BCUT2D eigenvalue weighted by molar-refractivity contribution is -0.205. The van der Waals surface area contributed by atoms with Gasteiger partial charge in [0.05, 0.1) is 6.61 Å². The summed E-state index contributed by atoms with van der Waals surface area (Å²) in [5, 5.41) is 0. The molecule has 0 saturated carbocycles. The number of rotatable bonds is 13. The molecule has 0 aliphatic rings. The van der Waals surface area contributed by atoms with Gasteiger partial charge in [0.15, 0.2) is 12.2 Å². The second-order valence-electron chi connectivity index (χ2n) is 5.65. The topological polar surface area (TPSA) is 116 Å². The first kappa shape index (κ1) is 25.2. The Morgan fingerprint density at radius 3 is 1.37 bits per heavy atom. The first-order valence-corrected chi connectivity index (χ1v) is 8.26. The molecule has 0 fully saturated rings. The fraction of sp³-hybridized carbons (Fsp3) is 0.824. The van der Waals surface area contributed by atoms with E-state index in [1.165, 1.54) is 49.2 Å². The van der Waals surface area contributed by atoms with Crippen LogP contribution in [0.1, 0.15) is 20.8 Å². The Hall–Kier alpha value is -1.75. The van der Waals surface area contributed by atoms with Crippen LogP contribution in [0.2, 0.25) is 0 Å². The van der Waals surface area contributed by atoms with Crippen molar-refractivity contribution in [3.63, 3.8) is 0 Å². The average Bonchev–Trinajstić information content (AvgIpc) is 2.58. The average molecular weight is 394 g/mol. The summed E-state index contributed by atoms with van der Waals surface area (Å²) in [6.45, 7) is 3.57. The van der Waals surface area contributed by atoms with Crippen molar-refractivity contribution in [3.05, 3.63) is 0 Å². The minimum atomic E-state index is -1.06. The Morgan fingerprint density at radius 2 is 1.07 bits per heavy atom. The van der Waals surface area contributed by atoms with E-state index >= 15 is 0 Å². The fourth-order valence-corrected chi connectivity index (χ4v) is 2.51. The molecule has 0 spiro atoms.